The smallest absolute Gasteiger partial charge is 0.337 e. The molecule has 0 bridgehead atoms. The van der Waals surface area contributed by atoms with Gasteiger partial charge in [-0.3, -0.25) is 0 Å². The van der Waals surface area contributed by atoms with E-state index >= 15 is 0 Å². The number of aromatic nitrogens is 1. The maximum absolute atomic E-state index is 11.8. The van der Waals surface area contributed by atoms with Gasteiger partial charge in [-0.05, 0) is 43.7 Å². The van der Waals surface area contributed by atoms with Crippen LogP contribution in [0.4, 0.5) is 0 Å². The molecule has 0 aliphatic carbocycles. The third-order valence-electron chi connectivity index (χ3n) is 3.67. The highest BCUT2D eigenvalue weighted by molar-refractivity contribution is 5.92. The molecule has 0 fully saturated rings. The second-order valence-corrected chi connectivity index (χ2v) is 5.47. The molecular formula is C18H13NO3. The van der Waals surface area contributed by atoms with Gasteiger partial charge in [0.2, 0.25) is 5.89 Å². The minimum atomic E-state index is -0.412. The summed E-state index contributed by atoms with van der Waals surface area (Å²) < 4.78 is 11.1. The van der Waals surface area contributed by atoms with E-state index in [-0.39, 0.29) is 0 Å². The minimum absolute atomic E-state index is 0.412. The number of benzene rings is 2. The second kappa shape index (κ2) is 4.56. The molecule has 0 saturated heterocycles. The summed E-state index contributed by atoms with van der Waals surface area (Å²) >= 11 is 0. The Morgan fingerprint density at radius 3 is 2.41 bits per heavy atom. The van der Waals surface area contributed by atoms with E-state index in [1.54, 1.807) is 6.07 Å². The third kappa shape index (κ3) is 2.00. The quantitative estimate of drug-likeness (QED) is 0.493. The first kappa shape index (κ1) is 12.8. The van der Waals surface area contributed by atoms with Crippen molar-refractivity contribution in [3.05, 3.63) is 64.0 Å². The zero-order valence-electron chi connectivity index (χ0n) is 12.2. The van der Waals surface area contributed by atoms with E-state index in [1.807, 2.05) is 44.2 Å². The van der Waals surface area contributed by atoms with Gasteiger partial charge >= 0.3 is 5.63 Å². The first-order valence-corrected chi connectivity index (χ1v) is 7.02. The predicted octanol–water partition coefficient (Wildman–Crippen LogP) is 4.22. The molecule has 0 radical (unpaired) electrons. The van der Waals surface area contributed by atoms with Crippen molar-refractivity contribution in [1.29, 1.82) is 0 Å². The first-order valence-electron chi connectivity index (χ1n) is 7.02. The highest BCUT2D eigenvalue weighted by atomic mass is 16.4. The van der Waals surface area contributed by atoms with Crippen LogP contribution >= 0.6 is 0 Å². The topological polar surface area (TPSA) is 56.2 Å². The fraction of sp³-hybridized carbons (Fsp3) is 0.111. The molecule has 108 valence electrons. The van der Waals surface area contributed by atoms with Crippen molar-refractivity contribution in [2.75, 3.05) is 0 Å². The highest BCUT2D eigenvalue weighted by Crippen LogP contribution is 2.30. The molecule has 0 saturated carbocycles. The van der Waals surface area contributed by atoms with Crippen molar-refractivity contribution in [2.45, 2.75) is 13.8 Å². The number of fused-ring (bicyclic) bond motifs is 2. The molecule has 0 amide bonds. The van der Waals surface area contributed by atoms with Crippen molar-refractivity contribution < 1.29 is 8.83 Å². The Bertz CT molecular complexity index is 1070. The fourth-order valence-electron chi connectivity index (χ4n) is 2.61. The summed E-state index contributed by atoms with van der Waals surface area (Å²) in [5.41, 5.74) is 4.45. The van der Waals surface area contributed by atoms with Crippen molar-refractivity contribution in [3.8, 4) is 11.5 Å². The summed E-state index contributed by atoms with van der Waals surface area (Å²) in [6.45, 7) is 3.99. The summed E-state index contributed by atoms with van der Waals surface area (Å²) in [4.78, 5) is 16.3. The van der Waals surface area contributed by atoms with Crippen LogP contribution < -0.4 is 5.63 Å². The molecule has 0 aliphatic rings. The summed E-state index contributed by atoms with van der Waals surface area (Å²) in [7, 11) is 0. The van der Waals surface area contributed by atoms with E-state index in [9.17, 15) is 4.79 Å². The Balaban J connectivity index is 2.06. The highest BCUT2D eigenvalue weighted by Gasteiger charge is 2.14. The molecule has 4 nitrogen and oxygen atoms in total. The van der Waals surface area contributed by atoms with Gasteiger partial charge in [-0.15, -0.1) is 0 Å². The third-order valence-corrected chi connectivity index (χ3v) is 3.67. The Hall–Kier alpha value is -2.88. The molecule has 0 unspecified atom stereocenters. The molecule has 22 heavy (non-hydrogen) atoms. The van der Waals surface area contributed by atoms with Crippen LogP contribution in [0.2, 0.25) is 0 Å². The molecule has 2 heterocycles. The molecule has 2 aromatic heterocycles. The summed E-state index contributed by atoms with van der Waals surface area (Å²) in [6, 6.07) is 12.9. The number of rotatable bonds is 1. The van der Waals surface area contributed by atoms with Crippen molar-refractivity contribution >= 4 is 22.1 Å². The van der Waals surface area contributed by atoms with Gasteiger partial charge in [0.25, 0.3) is 0 Å². The molecule has 2 aromatic carbocycles. The zero-order chi connectivity index (χ0) is 15.3. The zero-order valence-corrected chi connectivity index (χ0v) is 12.2. The lowest BCUT2D eigenvalue weighted by atomic mass is 10.1. The van der Waals surface area contributed by atoms with E-state index in [2.05, 4.69) is 4.98 Å². The van der Waals surface area contributed by atoms with Crippen LogP contribution in [0.25, 0.3) is 33.5 Å². The number of hydrogen-bond donors (Lipinski definition) is 0. The van der Waals surface area contributed by atoms with Crippen LogP contribution in [0.3, 0.4) is 0 Å². The van der Waals surface area contributed by atoms with Crippen LogP contribution in [0.15, 0.2) is 56.1 Å². The maximum Gasteiger partial charge on any atom is 0.337 e. The van der Waals surface area contributed by atoms with E-state index in [4.69, 9.17) is 8.83 Å². The van der Waals surface area contributed by atoms with E-state index in [0.29, 0.717) is 22.6 Å². The average molecular weight is 291 g/mol. The molecule has 4 rings (SSSR count). The molecule has 0 spiro atoms. The lowest BCUT2D eigenvalue weighted by Gasteiger charge is -2.02. The normalized spacial score (nSPS) is 11.4. The summed E-state index contributed by atoms with van der Waals surface area (Å²) in [5, 5.41) is 0.822. The monoisotopic (exact) mass is 291 g/mol. The minimum Gasteiger partial charge on any atom is -0.436 e. The Labute approximate surface area is 126 Å². The van der Waals surface area contributed by atoms with Gasteiger partial charge in [-0.25, -0.2) is 9.78 Å². The molecular weight excluding hydrogens is 278 g/mol. The van der Waals surface area contributed by atoms with Crippen molar-refractivity contribution in [2.24, 2.45) is 0 Å². The Morgan fingerprint density at radius 2 is 1.59 bits per heavy atom. The van der Waals surface area contributed by atoms with Crippen LogP contribution in [0, 0.1) is 13.8 Å². The lowest BCUT2D eigenvalue weighted by Crippen LogP contribution is -1.98. The number of hydrogen-bond acceptors (Lipinski definition) is 4. The largest absolute Gasteiger partial charge is 0.436 e. The number of aryl methyl sites for hydroxylation is 2. The van der Waals surface area contributed by atoms with Gasteiger partial charge in [0.1, 0.15) is 11.1 Å². The van der Waals surface area contributed by atoms with Gasteiger partial charge in [0, 0.05) is 11.5 Å². The first-order chi connectivity index (χ1) is 10.6. The molecule has 0 atom stereocenters. The van der Waals surface area contributed by atoms with Gasteiger partial charge in [-0.2, -0.15) is 0 Å². The SMILES string of the molecule is Cc1ccc2oc(-c3cc(=O)oc4ccc(C)cc34)nc2c1. The fourth-order valence-corrected chi connectivity index (χ4v) is 2.61. The number of oxazole rings is 1. The van der Waals surface area contributed by atoms with Crippen LogP contribution in [0.5, 0.6) is 0 Å². The lowest BCUT2D eigenvalue weighted by molar-refractivity contribution is 0.559. The van der Waals surface area contributed by atoms with E-state index < -0.39 is 5.63 Å². The van der Waals surface area contributed by atoms with Gasteiger partial charge in [0.15, 0.2) is 5.58 Å². The summed E-state index contributed by atoms with van der Waals surface area (Å²) in [5.74, 6) is 0.434. The summed E-state index contributed by atoms with van der Waals surface area (Å²) in [6.07, 6.45) is 0. The van der Waals surface area contributed by atoms with Gasteiger partial charge in [0.05, 0.1) is 5.56 Å². The van der Waals surface area contributed by atoms with Gasteiger partial charge in [-0.1, -0.05) is 17.7 Å². The van der Waals surface area contributed by atoms with Crippen molar-refractivity contribution in [3.63, 3.8) is 0 Å². The standard InChI is InChI=1S/C18H13NO3/c1-10-3-5-15-12(7-10)13(9-17(20)21-15)18-19-14-8-11(2)4-6-16(14)22-18/h3-9H,1-2H3. The van der Waals surface area contributed by atoms with Crippen LogP contribution in [0.1, 0.15) is 11.1 Å². The van der Waals surface area contributed by atoms with E-state index in [1.165, 1.54) is 6.07 Å². The Morgan fingerprint density at radius 1 is 0.864 bits per heavy atom. The molecule has 4 aromatic rings. The molecule has 0 N–H and O–H groups in total. The van der Waals surface area contributed by atoms with Crippen molar-refractivity contribution in [1.82, 2.24) is 4.98 Å². The van der Waals surface area contributed by atoms with Crippen LogP contribution in [-0.2, 0) is 0 Å². The maximum atomic E-state index is 11.8. The average Bonchev–Trinajstić information content (AvgIpc) is 2.89. The number of nitrogens with zero attached hydrogens (tertiary/aromatic N) is 1. The van der Waals surface area contributed by atoms with Crippen LogP contribution in [-0.4, -0.2) is 4.98 Å². The molecule has 0 aliphatic heterocycles. The molecule has 4 heteroatoms. The van der Waals surface area contributed by atoms with E-state index in [0.717, 1.165) is 22.0 Å². The Kier molecular flexibility index (Phi) is 2.66. The second-order valence-electron chi connectivity index (χ2n) is 5.47. The van der Waals surface area contributed by atoms with Gasteiger partial charge < -0.3 is 8.83 Å². The predicted molar refractivity (Wildman–Crippen MR) is 85.0 cm³/mol.